The Labute approximate surface area is 397 Å². The molecule has 1 aliphatic heterocycles. The molecule has 8 rings (SSSR count). The van der Waals surface area contributed by atoms with Crippen LogP contribution in [0.3, 0.4) is 0 Å². The number of carbonyl (C=O) groups is 1. The zero-order valence-electron chi connectivity index (χ0n) is 38.2. The minimum Gasteiger partial charge on any atom is -0.490 e. The van der Waals surface area contributed by atoms with Gasteiger partial charge in [-0.2, -0.15) is 0 Å². The SMILES string of the molecule is C=CCOc1ccc2c(c1)C1C(CCCCO)C(CCCCO)C=C3C(=NOCc4ccccc4)CC(N(Cc4cccc5ccccc45)C(=O)Oc4ccc([N+](=O)[O-])cc4)C(OCC=C)(O2)C31. The summed E-state index contributed by atoms with van der Waals surface area (Å²) in [6, 6.07) is 34.0. The topological polar surface area (TPSA) is 162 Å². The number of carbonyl (C=O) groups excluding carboxylic acids is 1. The zero-order chi connectivity index (χ0) is 47.5. The van der Waals surface area contributed by atoms with Crippen molar-refractivity contribution in [3.05, 3.63) is 179 Å². The summed E-state index contributed by atoms with van der Waals surface area (Å²) >= 11 is 0. The maximum Gasteiger partial charge on any atom is 0.416 e. The number of fused-ring (bicyclic) bond motifs is 3. The van der Waals surface area contributed by atoms with E-state index in [0.29, 0.717) is 36.7 Å². The molecule has 1 amide bonds. The van der Waals surface area contributed by atoms with Crippen LogP contribution < -0.4 is 14.2 Å². The second-order valence-corrected chi connectivity index (χ2v) is 17.5. The highest BCUT2D eigenvalue weighted by Gasteiger charge is 2.66. The van der Waals surface area contributed by atoms with E-state index in [-0.39, 0.29) is 68.6 Å². The fraction of sp³-hybridized carbons (Fsp3) is 0.345. The molecule has 2 aliphatic carbocycles. The van der Waals surface area contributed by atoms with Crippen LogP contribution in [-0.4, -0.2) is 70.1 Å². The van der Waals surface area contributed by atoms with Crippen LogP contribution in [0.1, 0.15) is 67.6 Å². The Morgan fingerprint density at radius 1 is 0.868 bits per heavy atom. The molecular weight excluding hydrogens is 863 g/mol. The van der Waals surface area contributed by atoms with Crippen molar-refractivity contribution in [1.82, 2.24) is 4.90 Å². The highest BCUT2D eigenvalue weighted by Crippen LogP contribution is 2.62. The largest absolute Gasteiger partial charge is 0.490 e. The molecule has 0 bridgehead atoms. The van der Waals surface area contributed by atoms with Crippen LogP contribution in [0, 0.1) is 27.9 Å². The fourth-order valence-electron chi connectivity index (χ4n) is 10.4. The Hall–Kier alpha value is -6.80. The summed E-state index contributed by atoms with van der Waals surface area (Å²) in [4.78, 5) is 34.4. The van der Waals surface area contributed by atoms with E-state index in [1.807, 2.05) is 91.0 Å². The molecule has 68 heavy (non-hydrogen) atoms. The van der Waals surface area contributed by atoms with Crippen LogP contribution >= 0.6 is 0 Å². The van der Waals surface area contributed by atoms with Gasteiger partial charge in [-0.1, -0.05) is 116 Å². The summed E-state index contributed by atoms with van der Waals surface area (Å²) < 4.78 is 27.0. The van der Waals surface area contributed by atoms with E-state index in [1.165, 1.54) is 24.3 Å². The third-order valence-corrected chi connectivity index (χ3v) is 13.3. The molecule has 0 aromatic heterocycles. The molecule has 5 aromatic carbocycles. The lowest BCUT2D eigenvalue weighted by Crippen LogP contribution is -2.70. The smallest absolute Gasteiger partial charge is 0.416 e. The Balaban J connectivity index is 1.36. The molecule has 13 heteroatoms. The van der Waals surface area contributed by atoms with Gasteiger partial charge < -0.3 is 34.0 Å². The van der Waals surface area contributed by atoms with E-state index in [4.69, 9.17) is 28.9 Å². The van der Waals surface area contributed by atoms with E-state index in [2.05, 4.69) is 19.2 Å². The molecule has 1 heterocycles. The minimum atomic E-state index is -1.58. The van der Waals surface area contributed by atoms with Crippen molar-refractivity contribution >= 4 is 28.3 Å². The number of hydrogen-bond acceptors (Lipinski definition) is 11. The van der Waals surface area contributed by atoms with Crippen molar-refractivity contribution in [3.63, 3.8) is 0 Å². The molecular formula is C55H59N3O10. The number of hydrogen-bond donors (Lipinski definition) is 2. The second-order valence-electron chi connectivity index (χ2n) is 17.5. The molecule has 354 valence electrons. The van der Waals surface area contributed by atoms with Crippen molar-refractivity contribution in [2.24, 2.45) is 22.9 Å². The molecule has 5 aromatic rings. The molecule has 1 fully saturated rings. The van der Waals surface area contributed by atoms with E-state index in [1.54, 1.807) is 17.1 Å². The summed E-state index contributed by atoms with van der Waals surface area (Å²) in [5, 5.41) is 38.5. The number of amides is 1. The highest BCUT2D eigenvalue weighted by molar-refractivity contribution is 6.03. The number of non-ortho nitro benzene ring substituents is 1. The van der Waals surface area contributed by atoms with Gasteiger partial charge in [0.15, 0.2) is 0 Å². The first-order chi connectivity index (χ1) is 33.3. The maximum atomic E-state index is 15.3. The average molecular weight is 922 g/mol. The third kappa shape index (κ3) is 10.3. The lowest BCUT2D eigenvalue weighted by molar-refractivity contribution is -0.384. The lowest BCUT2D eigenvalue weighted by atomic mass is 9.55. The number of nitrogens with zero attached hydrogens (tertiary/aromatic N) is 3. The van der Waals surface area contributed by atoms with Crippen molar-refractivity contribution in [2.75, 3.05) is 26.4 Å². The predicted molar refractivity (Wildman–Crippen MR) is 260 cm³/mol. The molecule has 13 nitrogen and oxygen atoms in total. The quantitative estimate of drug-likeness (QED) is 0.0296. The first-order valence-electron chi connectivity index (χ1n) is 23.5. The number of aliphatic hydroxyl groups is 2. The summed E-state index contributed by atoms with van der Waals surface area (Å²) in [7, 11) is 0. The van der Waals surface area contributed by atoms with Gasteiger partial charge in [0.2, 0.25) is 5.79 Å². The molecule has 0 saturated heterocycles. The molecule has 3 aliphatic rings. The first kappa shape index (κ1) is 47.7. The number of rotatable bonds is 22. The molecule has 0 spiro atoms. The minimum absolute atomic E-state index is 0.0122. The lowest BCUT2D eigenvalue weighted by Gasteiger charge is -2.59. The Morgan fingerprint density at radius 2 is 1.59 bits per heavy atom. The number of allylic oxidation sites excluding steroid dienone is 1. The van der Waals surface area contributed by atoms with Gasteiger partial charge in [-0.05, 0) is 95.3 Å². The molecule has 2 N–H and O–H groups in total. The monoisotopic (exact) mass is 921 g/mol. The standard InChI is InChI=1S/C55H59N3O10/c1-3-31-64-44-27-28-50-48(34-44)52-46(22-11-13-30-60)40(18-10-12-29-59)33-47-49(56-66-37-38-15-6-5-7-16-38)35-51(55(68-50,53(47)52)65-32-4-2)57(36-41-20-14-19-39-17-8-9-21-45(39)41)54(61)67-43-25-23-42(24-26-43)58(62)63/h3-9,14-17,19-21,23-28,33-34,40,46,51-53,59-60H,1-2,10-13,18,22,29-32,35-37H2. The number of ether oxygens (including phenoxy) is 4. The van der Waals surface area contributed by atoms with Gasteiger partial charge in [-0.25, -0.2) is 4.79 Å². The van der Waals surface area contributed by atoms with Gasteiger partial charge in [0.05, 0.1) is 29.7 Å². The number of aliphatic hydroxyl groups excluding tert-OH is 2. The van der Waals surface area contributed by atoms with Gasteiger partial charge in [0.1, 0.15) is 36.5 Å². The van der Waals surface area contributed by atoms with Gasteiger partial charge in [-0.3, -0.25) is 15.0 Å². The van der Waals surface area contributed by atoms with Crippen molar-refractivity contribution in [1.29, 1.82) is 0 Å². The number of unbranched alkanes of at least 4 members (excludes halogenated alkanes) is 2. The Morgan fingerprint density at radius 3 is 2.34 bits per heavy atom. The number of nitro benzene ring substituents is 1. The summed E-state index contributed by atoms with van der Waals surface area (Å²) in [6.45, 7) is 8.67. The van der Waals surface area contributed by atoms with E-state index >= 15 is 4.79 Å². The van der Waals surface area contributed by atoms with Gasteiger partial charge >= 0.3 is 6.09 Å². The average Bonchev–Trinajstić information content (AvgIpc) is 3.36. The van der Waals surface area contributed by atoms with E-state index in [0.717, 1.165) is 58.7 Å². The first-order valence-corrected chi connectivity index (χ1v) is 23.5. The van der Waals surface area contributed by atoms with Gasteiger partial charge in [0, 0.05) is 43.2 Å². The van der Waals surface area contributed by atoms with Gasteiger partial charge in [-0.15, -0.1) is 6.58 Å². The van der Waals surface area contributed by atoms with Gasteiger partial charge in [0.25, 0.3) is 5.69 Å². The van der Waals surface area contributed by atoms with Crippen LogP contribution in [0.15, 0.2) is 157 Å². The van der Waals surface area contributed by atoms with E-state index in [9.17, 15) is 20.3 Å². The van der Waals surface area contributed by atoms with Crippen LogP contribution in [-0.2, 0) is 22.7 Å². The number of benzene rings is 5. The zero-order valence-corrected chi connectivity index (χ0v) is 38.2. The number of oxime groups is 1. The number of nitro groups is 1. The predicted octanol–water partition coefficient (Wildman–Crippen LogP) is 10.8. The summed E-state index contributed by atoms with van der Waals surface area (Å²) in [6.07, 6.45) is 9.41. The molecule has 0 radical (unpaired) electrons. The van der Waals surface area contributed by atoms with Crippen molar-refractivity contribution in [2.45, 2.75) is 75.8 Å². The van der Waals surface area contributed by atoms with Crippen LogP contribution in [0.5, 0.6) is 17.2 Å². The summed E-state index contributed by atoms with van der Waals surface area (Å²) in [5.74, 6) is -1.11. The van der Waals surface area contributed by atoms with Crippen molar-refractivity contribution < 1.29 is 43.7 Å². The Bertz CT molecular complexity index is 2610. The van der Waals surface area contributed by atoms with Crippen LogP contribution in [0.2, 0.25) is 0 Å². The van der Waals surface area contributed by atoms with Crippen LogP contribution in [0.25, 0.3) is 10.8 Å². The van der Waals surface area contributed by atoms with E-state index < -0.39 is 28.8 Å². The second kappa shape index (κ2) is 22.3. The maximum absolute atomic E-state index is 15.3. The fourth-order valence-corrected chi connectivity index (χ4v) is 10.4. The Kier molecular flexibility index (Phi) is 15.7. The molecule has 1 saturated carbocycles. The highest BCUT2D eigenvalue weighted by atomic mass is 16.7. The normalized spacial score (nSPS) is 21.9. The third-order valence-electron chi connectivity index (χ3n) is 13.3. The molecule has 6 unspecified atom stereocenters. The summed E-state index contributed by atoms with van der Waals surface area (Å²) in [5.41, 5.74) is 4.05. The molecule has 6 atom stereocenters. The van der Waals surface area contributed by atoms with Crippen molar-refractivity contribution in [3.8, 4) is 17.2 Å². The van der Waals surface area contributed by atoms with Crippen LogP contribution in [0.4, 0.5) is 10.5 Å².